The molecule has 106 valence electrons. The standard InChI is InChI=1S/C16H19FN2O/c1-3-9-20-16-11-15(14(18)10-13(16)17)19(2)12-7-5-4-6-8-12/h4-8,10-11H,3,9,18H2,1-2H3. The molecule has 2 aromatic carbocycles. The Morgan fingerprint density at radius 2 is 1.90 bits per heavy atom. The number of rotatable bonds is 5. The van der Waals surface area contributed by atoms with Crippen molar-refractivity contribution in [1.82, 2.24) is 0 Å². The van der Waals surface area contributed by atoms with Gasteiger partial charge in [0.05, 0.1) is 18.0 Å². The van der Waals surface area contributed by atoms with Gasteiger partial charge in [0, 0.05) is 24.9 Å². The first-order valence-electron chi connectivity index (χ1n) is 6.64. The summed E-state index contributed by atoms with van der Waals surface area (Å²) >= 11 is 0. The molecule has 3 nitrogen and oxygen atoms in total. The number of benzene rings is 2. The highest BCUT2D eigenvalue weighted by Crippen LogP contribution is 2.34. The molecule has 2 aromatic rings. The van der Waals surface area contributed by atoms with Gasteiger partial charge in [-0.1, -0.05) is 25.1 Å². The van der Waals surface area contributed by atoms with Crippen molar-refractivity contribution in [1.29, 1.82) is 0 Å². The zero-order valence-corrected chi connectivity index (χ0v) is 11.8. The third-order valence-corrected chi connectivity index (χ3v) is 3.05. The number of para-hydroxylation sites is 1. The van der Waals surface area contributed by atoms with Crippen molar-refractivity contribution in [3.63, 3.8) is 0 Å². The first-order chi connectivity index (χ1) is 9.63. The molecule has 0 amide bonds. The van der Waals surface area contributed by atoms with Crippen LogP contribution in [0, 0.1) is 5.82 Å². The molecule has 0 heterocycles. The van der Waals surface area contributed by atoms with Crippen LogP contribution in [0.5, 0.6) is 5.75 Å². The highest BCUT2D eigenvalue weighted by atomic mass is 19.1. The Morgan fingerprint density at radius 3 is 2.55 bits per heavy atom. The predicted octanol–water partition coefficient (Wildman–Crippen LogP) is 3.96. The van der Waals surface area contributed by atoms with E-state index in [4.69, 9.17) is 10.5 Å². The smallest absolute Gasteiger partial charge is 0.167 e. The summed E-state index contributed by atoms with van der Waals surface area (Å²) in [5.41, 5.74) is 8.01. The maximum absolute atomic E-state index is 13.8. The molecule has 0 spiro atoms. The predicted molar refractivity (Wildman–Crippen MR) is 81.1 cm³/mol. The van der Waals surface area contributed by atoms with Gasteiger partial charge in [0.25, 0.3) is 0 Å². The topological polar surface area (TPSA) is 38.5 Å². The third kappa shape index (κ3) is 3.02. The lowest BCUT2D eigenvalue weighted by Crippen LogP contribution is -2.12. The molecule has 2 N–H and O–H groups in total. The number of nitrogens with zero attached hydrogens (tertiary/aromatic N) is 1. The van der Waals surface area contributed by atoms with Crippen molar-refractivity contribution in [2.45, 2.75) is 13.3 Å². The Labute approximate surface area is 118 Å². The molecule has 20 heavy (non-hydrogen) atoms. The van der Waals surface area contributed by atoms with Crippen molar-refractivity contribution in [3.05, 3.63) is 48.3 Å². The van der Waals surface area contributed by atoms with E-state index >= 15 is 0 Å². The lowest BCUT2D eigenvalue weighted by molar-refractivity contribution is 0.301. The Hall–Kier alpha value is -2.23. The maximum Gasteiger partial charge on any atom is 0.167 e. The molecular formula is C16H19FN2O. The summed E-state index contributed by atoms with van der Waals surface area (Å²) in [6, 6.07) is 12.7. The van der Waals surface area contributed by atoms with Crippen LogP contribution in [0.2, 0.25) is 0 Å². The van der Waals surface area contributed by atoms with E-state index in [1.807, 2.05) is 49.2 Å². The fourth-order valence-corrected chi connectivity index (χ4v) is 1.96. The SMILES string of the molecule is CCCOc1cc(N(C)c2ccccc2)c(N)cc1F. The number of nitrogen functional groups attached to an aromatic ring is 1. The molecule has 0 saturated carbocycles. The van der Waals surface area contributed by atoms with Gasteiger partial charge < -0.3 is 15.4 Å². The summed E-state index contributed by atoms with van der Waals surface area (Å²) < 4.78 is 19.2. The highest BCUT2D eigenvalue weighted by molar-refractivity contribution is 5.76. The monoisotopic (exact) mass is 274 g/mol. The molecule has 0 unspecified atom stereocenters. The summed E-state index contributed by atoms with van der Waals surface area (Å²) in [6.07, 6.45) is 0.827. The number of hydrogen-bond acceptors (Lipinski definition) is 3. The molecule has 4 heteroatoms. The van der Waals surface area contributed by atoms with Gasteiger partial charge in [0.15, 0.2) is 11.6 Å². The van der Waals surface area contributed by atoms with Gasteiger partial charge in [-0.3, -0.25) is 0 Å². The summed E-state index contributed by atoms with van der Waals surface area (Å²) in [7, 11) is 1.89. The second kappa shape index (κ2) is 6.28. The Bertz CT molecular complexity index is 572. The average molecular weight is 274 g/mol. The largest absolute Gasteiger partial charge is 0.490 e. The average Bonchev–Trinajstić information content (AvgIpc) is 2.47. The molecule has 0 saturated heterocycles. The van der Waals surface area contributed by atoms with Gasteiger partial charge in [-0.25, -0.2) is 4.39 Å². The van der Waals surface area contributed by atoms with Crippen molar-refractivity contribution in [2.24, 2.45) is 0 Å². The number of nitrogens with two attached hydrogens (primary N) is 1. The van der Waals surface area contributed by atoms with E-state index in [1.54, 1.807) is 6.07 Å². The minimum absolute atomic E-state index is 0.235. The van der Waals surface area contributed by atoms with Gasteiger partial charge in [-0.15, -0.1) is 0 Å². The van der Waals surface area contributed by atoms with Crippen LogP contribution >= 0.6 is 0 Å². The summed E-state index contributed by atoms with van der Waals surface area (Å²) in [6.45, 7) is 2.46. The zero-order chi connectivity index (χ0) is 14.5. The van der Waals surface area contributed by atoms with E-state index in [-0.39, 0.29) is 5.75 Å². The summed E-state index contributed by atoms with van der Waals surface area (Å²) in [4.78, 5) is 1.91. The number of ether oxygens (including phenoxy) is 1. The lowest BCUT2D eigenvalue weighted by Gasteiger charge is -2.22. The summed E-state index contributed by atoms with van der Waals surface area (Å²) in [5.74, 6) is -0.194. The molecule has 0 atom stereocenters. The van der Waals surface area contributed by atoms with Crippen LogP contribution in [0.1, 0.15) is 13.3 Å². The molecule has 0 aromatic heterocycles. The van der Waals surface area contributed by atoms with E-state index in [1.165, 1.54) is 6.07 Å². The number of hydrogen-bond donors (Lipinski definition) is 1. The second-order valence-corrected chi connectivity index (χ2v) is 4.58. The molecule has 0 bridgehead atoms. The van der Waals surface area contributed by atoms with Crippen molar-refractivity contribution >= 4 is 17.1 Å². The number of halogens is 1. The van der Waals surface area contributed by atoms with Crippen LogP contribution in [0.4, 0.5) is 21.5 Å². The number of anilines is 3. The van der Waals surface area contributed by atoms with Crippen molar-refractivity contribution in [2.75, 3.05) is 24.3 Å². The molecule has 0 aliphatic heterocycles. The molecular weight excluding hydrogens is 255 g/mol. The van der Waals surface area contributed by atoms with Gasteiger partial charge >= 0.3 is 0 Å². The first-order valence-corrected chi connectivity index (χ1v) is 6.64. The van der Waals surface area contributed by atoms with Crippen LogP contribution in [0.15, 0.2) is 42.5 Å². The van der Waals surface area contributed by atoms with Gasteiger partial charge in [0.2, 0.25) is 0 Å². The minimum atomic E-state index is -0.429. The third-order valence-electron chi connectivity index (χ3n) is 3.05. The maximum atomic E-state index is 13.8. The Morgan fingerprint density at radius 1 is 1.20 bits per heavy atom. The fourth-order valence-electron chi connectivity index (χ4n) is 1.96. The van der Waals surface area contributed by atoms with Crippen LogP contribution < -0.4 is 15.4 Å². The van der Waals surface area contributed by atoms with Crippen LogP contribution in [0.25, 0.3) is 0 Å². The fraction of sp³-hybridized carbons (Fsp3) is 0.250. The van der Waals surface area contributed by atoms with Crippen LogP contribution in [-0.2, 0) is 0 Å². The lowest BCUT2D eigenvalue weighted by atomic mass is 10.2. The molecule has 2 rings (SSSR count). The van der Waals surface area contributed by atoms with E-state index in [0.717, 1.165) is 17.8 Å². The molecule has 0 aliphatic carbocycles. The molecule has 0 radical (unpaired) electrons. The van der Waals surface area contributed by atoms with E-state index in [0.29, 0.717) is 12.3 Å². The normalized spacial score (nSPS) is 10.3. The molecule has 0 aliphatic rings. The highest BCUT2D eigenvalue weighted by Gasteiger charge is 2.13. The van der Waals surface area contributed by atoms with Gasteiger partial charge in [-0.2, -0.15) is 0 Å². The van der Waals surface area contributed by atoms with Gasteiger partial charge in [0.1, 0.15) is 0 Å². The van der Waals surface area contributed by atoms with E-state index in [2.05, 4.69) is 0 Å². The Balaban J connectivity index is 2.35. The van der Waals surface area contributed by atoms with Crippen LogP contribution in [-0.4, -0.2) is 13.7 Å². The van der Waals surface area contributed by atoms with Crippen LogP contribution in [0.3, 0.4) is 0 Å². The Kier molecular flexibility index (Phi) is 4.45. The van der Waals surface area contributed by atoms with E-state index < -0.39 is 5.82 Å². The minimum Gasteiger partial charge on any atom is -0.490 e. The zero-order valence-electron chi connectivity index (χ0n) is 11.8. The van der Waals surface area contributed by atoms with Crippen molar-refractivity contribution in [3.8, 4) is 5.75 Å². The van der Waals surface area contributed by atoms with E-state index in [9.17, 15) is 4.39 Å². The summed E-state index contributed by atoms with van der Waals surface area (Å²) in [5, 5.41) is 0. The molecule has 0 fully saturated rings. The van der Waals surface area contributed by atoms with Gasteiger partial charge in [-0.05, 0) is 18.6 Å². The first kappa shape index (κ1) is 14.2. The van der Waals surface area contributed by atoms with Crippen molar-refractivity contribution < 1.29 is 9.13 Å². The second-order valence-electron chi connectivity index (χ2n) is 4.58. The quantitative estimate of drug-likeness (QED) is 0.839.